The predicted molar refractivity (Wildman–Crippen MR) is 139 cm³/mol. The number of allylic oxidation sites excluding steroid dienone is 3. The van der Waals surface area contributed by atoms with E-state index in [4.69, 9.17) is 0 Å². The summed E-state index contributed by atoms with van der Waals surface area (Å²) in [5, 5.41) is 6.09. The normalized spacial score (nSPS) is 19.3. The van der Waals surface area contributed by atoms with E-state index < -0.39 is 17.6 Å². The van der Waals surface area contributed by atoms with Crippen LogP contribution in [0, 0.1) is 11.2 Å². The number of dihydropyridines is 1. The van der Waals surface area contributed by atoms with Crippen molar-refractivity contribution in [2.75, 3.05) is 23.3 Å². The number of carbonyl (C=O) groups is 2. The van der Waals surface area contributed by atoms with Gasteiger partial charge >= 0.3 is 0 Å². The third-order valence-electron chi connectivity index (χ3n) is 6.96. The van der Waals surface area contributed by atoms with Crippen LogP contribution in [0.2, 0.25) is 0 Å². The molecule has 2 aromatic rings. The molecule has 0 bridgehead atoms. The number of benzene rings is 2. The van der Waals surface area contributed by atoms with Crippen LogP contribution in [-0.2, 0) is 9.59 Å². The lowest BCUT2D eigenvalue weighted by atomic mass is 9.68. The molecule has 1 amide bonds. The Kier molecular flexibility index (Phi) is 6.84. The number of para-hydroxylation sites is 1. The lowest BCUT2D eigenvalue weighted by Crippen LogP contribution is -2.39. The molecule has 0 aromatic heterocycles. The van der Waals surface area contributed by atoms with Gasteiger partial charge in [-0.25, -0.2) is 4.39 Å². The Labute approximate surface area is 207 Å². The minimum absolute atomic E-state index is 0.0465. The van der Waals surface area contributed by atoms with E-state index in [0.717, 1.165) is 36.5 Å². The van der Waals surface area contributed by atoms with E-state index in [9.17, 15) is 14.0 Å². The fraction of sp³-hybridized carbons (Fsp3) is 0.379. The van der Waals surface area contributed by atoms with Crippen LogP contribution in [0.15, 0.2) is 71.1 Å². The van der Waals surface area contributed by atoms with Gasteiger partial charge in [0.2, 0.25) is 0 Å². The number of nitrogens with zero attached hydrogens (tertiary/aromatic N) is 1. The van der Waals surface area contributed by atoms with Crippen molar-refractivity contribution in [1.82, 2.24) is 5.32 Å². The Balaban J connectivity index is 1.80. The molecule has 0 saturated heterocycles. The van der Waals surface area contributed by atoms with E-state index in [1.54, 1.807) is 12.1 Å². The molecule has 6 heteroatoms. The molecule has 0 radical (unpaired) electrons. The van der Waals surface area contributed by atoms with Crippen LogP contribution in [-0.4, -0.2) is 24.8 Å². The molecule has 5 nitrogen and oxygen atoms in total. The van der Waals surface area contributed by atoms with Crippen molar-refractivity contribution in [2.45, 2.75) is 53.4 Å². The largest absolute Gasteiger partial charge is 0.372 e. The summed E-state index contributed by atoms with van der Waals surface area (Å²) >= 11 is 0. The van der Waals surface area contributed by atoms with Crippen LogP contribution in [0.5, 0.6) is 0 Å². The minimum atomic E-state index is -0.521. The average Bonchev–Trinajstić information content (AvgIpc) is 2.80. The molecule has 0 spiro atoms. The highest BCUT2D eigenvalue weighted by Crippen LogP contribution is 2.47. The van der Waals surface area contributed by atoms with Crippen molar-refractivity contribution in [3.63, 3.8) is 0 Å². The third-order valence-corrected chi connectivity index (χ3v) is 6.96. The van der Waals surface area contributed by atoms with E-state index in [-0.39, 0.29) is 16.9 Å². The molecule has 1 unspecified atom stereocenters. The summed E-state index contributed by atoms with van der Waals surface area (Å²) in [4.78, 5) is 29.3. The maximum Gasteiger partial charge on any atom is 0.254 e. The Morgan fingerprint density at radius 3 is 2.37 bits per heavy atom. The third kappa shape index (κ3) is 4.88. The first-order valence-electron chi connectivity index (χ1n) is 12.3. The molecule has 2 aliphatic rings. The van der Waals surface area contributed by atoms with Gasteiger partial charge in [-0.2, -0.15) is 0 Å². The number of anilines is 2. The lowest BCUT2D eigenvalue weighted by Gasteiger charge is -2.39. The van der Waals surface area contributed by atoms with Crippen LogP contribution in [0.4, 0.5) is 15.8 Å². The standard InChI is InChI=1S/C29H34FN3O2/c1-6-33(7-2)20-14-12-19(13-15-20)26-25(28(35)32-22-11-9-8-10-21(22)30)18(3)31-23-16-29(4,5)17-24(34)27(23)26/h8-15,26,31H,6-7,16-17H2,1-5H3,(H,32,35). The lowest BCUT2D eigenvalue weighted by molar-refractivity contribution is -0.118. The Morgan fingerprint density at radius 2 is 1.74 bits per heavy atom. The number of hydrogen-bond donors (Lipinski definition) is 2. The predicted octanol–water partition coefficient (Wildman–Crippen LogP) is 5.91. The number of amides is 1. The summed E-state index contributed by atoms with van der Waals surface area (Å²) in [7, 11) is 0. The van der Waals surface area contributed by atoms with Crippen molar-refractivity contribution in [3.05, 3.63) is 82.5 Å². The zero-order chi connectivity index (χ0) is 25.3. The molecule has 0 fully saturated rings. The maximum absolute atomic E-state index is 14.3. The van der Waals surface area contributed by atoms with Crippen LogP contribution < -0.4 is 15.5 Å². The van der Waals surface area contributed by atoms with E-state index in [0.29, 0.717) is 23.3 Å². The second-order valence-electron chi connectivity index (χ2n) is 10.1. The number of hydrogen-bond acceptors (Lipinski definition) is 4. The molecule has 1 heterocycles. The smallest absolute Gasteiger partial charge is 0.254 e. The molecule has 1 aliphatic heterocycles. The van der Waals surface area contributed by atoms with Gasteiger partial charge in [0.25, 0.3) is 5.91 Å². The molecular weight excluding hydrogens is 441 g/mol. The molecule has 1 atom stereocenters. The second-order valence-corrected chi connectivity index (χ2v) is 10.1. The van der Waals surface area contributed by atoms with Gasteiger partial charge in [0.1, 0.15) is 5.82 Å². The highest BCUT2D eigenvalue weighted by Gasteiger charge is 2.42. The van der Waals surface area contributed by atoms with E-state index in [1.807, 2.05) is 31.2 Å². The van der Waals surface area contributed by atoms with E-state index >= 15 is 0 Å². The van der Waals surface area contributed by atoms with Crippen LogP contribution >= 0.6 is 0 Å². The maximum atomic E-state index is 14.3. The van der Waals surface area contributed by atoms with Gasteiger partial charge in [0.05, 0.1) is 5.69 Å². The molecule has 1 aliphatic carbocycles. The fourth-order valence-corrected chi connectivity index (χ4v) is 5.29. The highest BCUT2D eigenvalue weighted by atomic mass is 19.1. The number of Topliss-reactive ketones (excluding diaryl/α,β-unsaturated/α-hetero) is 1. The van der Waals surface area contributed by atoms with Gasteiger partial charge in [-0.05, 0) is 62.4 Å². The number of carbonyl (C=O) groups excluding carboxylic acids is 2. The first kappa shape index (κ1) is 24.7. The van der Waals surface area contributed by atoms with Crippen molar-refractivity contribution in [2.24, 2.45) is 5.41 Å². The van der Waals surface area contributed by atoms with E-state index in [2.05, 4.69) is 43.2 Å². The van der Waals surface area contributed by atoms with Crippen molar-refractivity contribution in [1.29, 1.82) is 0 Å². The zero-order valence-corrected chi connectivity index (χ0v) is 21.2. The molecule has 2 N–H and O–H groups in total. The van der Waals surface area contributed by atoms with Crippen molar-refractivity contribution in [3.8, 4) is 0 Å². The summed E-state index contributed by atoms with van der Waals surface area (Å²) in [6.07, 6.45) is 1.14. The van der Waals surface area contributed by atoms with Crippen LogP contribution in [0.25, 0.3) is 0 Å². The first-order chi connectivity index (χ1) is 16.6. The molecular formula is C29H34FN3O2. The first-order valence-corrected chi connectivity index (χ1v) is 12.3. The quantitative estimate of drug-likeness (QED) is 0.545. The van der Waals surface area contributed by atoms with Gasteiger partial charge in [-0.15, -0.1) is 0 Å². The fourth-order valence-electron chi connectivity index (χ4n) is 5.29. The summed E-state index contributed by atoms with van der Waals surface area (Å²) < 4.78 is 14.3. The number of halogens is 1. The topological polar surface area (TPSA) is 61.4 Å². The summed E-state index contributed by atoms with van der Waals surface area (Å²) in [5.74, 6) is -1.39. The highest BCUT2D eigenvalue weighted by molar-refractivity contribution is 6.10. The van der Waals surface area contributed by atoms with Gasteiger partial charge in [-0.3, -0.25) is 9.59 Å². The second kappa shape index (κ2) is 9.68. The molecule has 2 aromatic carbocycles. The van der Waals surface area contributed by atoms with Crippen molar-refractivity contribution < 1.29 is 14.0 Å². The van der Waals surface area contributed by atoms with Crippen molar-refractivity contribution >= 4 is 23.1 Å². The summed E-state index contributed by atoms with van der Waals surface area (Å²) in [6.45, 7) is 12.0. The summed E-state index contributed by atoms with van der Waals surface area (Å²) in [5.41, 5.74) is 4.57. The Hall–Kier alpha value is -3.41. The van der Waals surface area contributed by atoms with Gasteiger partial charge < -0.3 is 15.5 Å². The van der Waals surface area contributed by atoms with Gasteiger partial charge in [0, 0.05) is 53.7 Å². The Bertz CT molecular complexity index is 1210. The molecule has 0 saturated carbocycles. The SMILES string of the molecule is CCN(CC)c1ccc(C2C(C(=O)Nc3ccccc3F)=C(C)NC3=C2C(=O)CC(C)(C)C3)cc1. The Morgan fingerprint density at radius 1 is 1.09 bits per heavy atom. The molecule has 35 heavy (non-hydrogen) atoms. The minimum Gasteiger partial charge on any atom is -0.372 e. The van der Waals surface area contributed by atoms with Crippen LogP contribution in [0.3, 0.4) is 0 Å². The van der Waals surface area contributed by atoms with Crippen LogP contribution in [0.1, 0.15) is 58.9 Å². The monoisotopic (exact) mass is 475 g/mol. The zero-order valence-electron chi connectivity index (χ0n) is 21.2. The van der Waals surface area contributed by atoms with Gasteiger partial charge in [-0.1, -0.05) is 38.1 Å². The van der Waals surface area contributed by atoms with E-state index in [1.165, 1.54) is 12.1 Å². The van der Waals surface area contributed by atoms with Gasteiger partial charge in [0.15, 0.2) is 5.78 Å². The number of rotatable bonds is 6. The average molecular weight is 476 g/mol. The number of ketones is 1. The molecule has 4 rings (SSSR count). The molecule has 184 valence electrons. The summed E-state index contributed by atoms with van der Waals surface area (Å²) in [6, 6.07) is 14.2. The number of nitrogens with one attached hydrogen (secondary N) is 2.